The van der Waals surface area contributed by atoms with E-state index in [0.29, 0.717) is 24.4 Å². The molecule has 3 nitrogen and oxygen atoms in total. The van der Waals surface area contributed by atoms with Gasteiger partial charge in [-0.1, -0.05) is 30.7 Å². The number of benzene rings is 2. The van der Waals surface area contributed by atoms with Crippen LogP contribution in [0.3, 0.4) is 0 Å². The summed E-state index contributed by atoms with van der Waals surface area (Å²) in [7, 11) is 0. The van der Waals surface area contributed by atoms with Crippen LogP contribution in [0.15, 0.2) is 49.1 Å². The number of halogens is 1. The largest absolute Gasteiger partial charge is 0.490 e. The molecule has 0 amide bonds. The van der Waals surface area contributed by atoms with E-state index in [1.165, 1.54) is 24.0 Å². The molecule has 0 N–H and O–H groups in total. The molecule has 33 heavy (non-hydrogen) atoms. The monoisotopic (exact) mass is 463 g/mol. The van der Waals surface area contributed by atoms with Crippen molar-refractivity contribution < 1.29 is 9.53 Å². The fourth-order valence-electron chi connectivity index (χ4n) is 6.30. The molecule has 1 spiro atoms. The van der Waals surface area contributed by atoms with E-state index in [2.05, 4.69) is 36.6 Å². The lowest BCUT2D eigenvalue weighted by molar-refractivity contribution is 0.101. The van der Waals surface area contributed by atoms with Gasteiger partial charge in [0, 0.05) is 29.1 Å². The van der Waals surface area contributed by atoms with Gasteiger partial charge in [0.2, 0.25) is 0 Å². The number of ether oxygens (including phenoxy) is 1. The molecule has 1 aliphatic heterocycles. The number of hydrogen-bond donors (Lipinski definition) is 0. The lowest BCUT2D eigenvalue weighted by Crippen LogP contribution is -2.48. The summed E-state index contributed by atoms with van der Waals surface area (Å²) in [5.74, 6) is 2.83. The third-order valence-corrected chi connectivity index (χ3v) is 8.66. The highest BCUT2D eigenvalue weighted by Gasteiger charge is 2.43. The van der Waals surface area contributed by atoms with E-state index in [1.54, 1.807) is 6.92 Å². The number of hydrogen-bond acceptors (Lipinski definition) is 3. The van der Waals surface area contributed by atoms with Crippen molar-refractivity contribution in [2.45, 2.75) is 51.4 Å². The van der Waals surface area contributed by atoms with Crippen molar-refractivity contribution in [2.75, 3.05) is 24.6 Å². The van der Waals surface area contributed by atoms with Crippen LogP contribution < -0.4 is 9.64 Å². The fourth-order valence-corrected chi connectivity index (χ4v) is 6.50. The maximum atomic E-state index is 12.2. The number of rotatable bonds is 5. The Kier molecular flexibility index (Phi) is 6.03. The Morgan fingerprint density at radius 1 is 1.30 bits per heavy atom. The number of nitrogens with zero attached hydrogens (tertiary/aromatic N) is 1. The molecule has 4 heteroatoms. The molecule has 0 bridgehead atoms. The Hall–Kier alpha value is -2.26. The zero-order valence-corrected chi connectivity index (χ0v) is 20.5. The van der Waals surface area contributed by atoms with Gasteiger partial charge in [-0.05, 0) is 98.2 Å². The predicted octanol–water partition coefficient (Wildman–Crippen LogP) is 6.86. The smallest absolute Gasteiger partial charge is 0.159 e. The average Bonchev–Trinajstić information content (AvgIpc) is 2.93. The summed E-state index contributed by atoms with van der Waals surface area (Å²) >= 11 is 6.36. The van der Waals surface area contributed by atoms with Gasteiger partial charge < -0.3 is 9.64 Å². The van der Waals surface area contributed by atoms with Gasteiger partial charge in [0.15, 0.2) is 5.78 Å². The lowest BCUT2D eigenvalue weighted by Gasteiger charge is -2.45. The van der Waals surface area contributed by atoms with Crippen molar-refractivity contribution in [1.29, 1.82) is 0 Å². The third kappa shape index (κ3) is 4.10. The van der Waals surface area contributed by atoms with Gasteiger partial charge >= 0.3 is 0 Å². The number of allylic oxidation sites excluding steroid dienone is 1. The molecular weight excluding hydrogens is 430 g/mol. The summed E-state index contributed by atoms with van der Waals surface area (Å²) in [4.78, 5) is 14.7. The van der Waals surface area contributed by atoms with Gasteiger partial charge in [-0.2, -0.15) is 0 Å². The number of ketones is 1. The van der Waals surface area contributed by atoms with Crippen LogP contribution in [0.4, 0.5) is 5.69 Å². The molecule has 0 radical (unpaired) electrons. The highest BCUT2D eigenvalue weighted by Crippen LogP contribution is 2.47. The number of carbonyl (C=O) groups is 1. The summed E-state index contributed by atoms with van der Waals surface area (Å²) in [6.07, 6.45) is 7.94. The standard InChI is InChI=1S/C29H34ClNO2/c1-4-19(2)25-10-7-23(25)16-31-17-29(13-5-6-22-14-24(30)9-11-26(22)29)18-33-28-12-8-21(20(3)32)15-27(28)31/h4,8-9,11-12,14-15,19,23,25H,1,5-7,10,13,16-18H2,2-3H3/t19-,23-,25-,29-/m0/s1. The van der Waals surface area contributed by atoms with Gasteiger partial charge in [0.1, 0.15) is 5.75 Å². The molecule has 1 saturated carbocycles. The average molecular weight is 464 g/mol. The molecule has 2 aromatic carbocycles. The Labute approximate surface area is 202 Å². The molecule has 2 aromatic rings. The van der Waals surface area contributed by atoms with Gasteiger partial charge in [-0.3, -0.25) is 4.79 Å². The van der Waals surface area contributed by atoms with E-state index in [4.69, 9.17) is 16.3 Å². The van der Waals surface area contributed by atoms with Crippen LogP contribution in [0.2, 0.25) is 5.02 Å². The van der Waals surface area contributed by atoms with Crippen LogP contribution in [0.25, 0.3) is 0 Å². The van der Waals surface area contributed by atoms with Crippen molar-refractivity contribution in [1.82, 2.24) is 0 Å². The van der Waals surface area contributed by atoms with Gasteiger partial charge in [0.05, 0.1) is 12.3 Å². The zero-order valence-electron chi connectivity index (χ0n) is 19.8. The second-order valence-electron chi connectivity index (χ2n) is 10.4. The van der Waals surface area contributed by atoms with Crippen LogP contribution in [0.1, 0.15) is 61.0 Å². The molecule has 0 aromatic heterocycles. The van der Waals surface area contributed by atoms with Crippen LogP contribution in [-0.2, 0) is 11.8 Å². The summed E-state index contributed by atoms with van der Waals surface area (Å²) in [6, 6.07) is 12.3. The van der Waals surface area contributed by atoms with E-state index in [0.717, 1.165) is 54.4 Å². The van der Waals surface area contributed by atoms with E-state index in [1.807, 2.05) is 24.3 Å². The topological polar surface area (TPSA) is 29.5 Å². The molecule has 1 fully saturated rings. The summed E-state index contributed by atoms with van der Waals surface area (Å²) in [5, 5.41) is 0.808. The van der Waals surface area contributed by atoms with Gasteiger partial charge in [-0.15, -0.1) is 6.58 Å². The molecule has 174 valence electrons. The van der Waals surface area contributed by atoms with Gasteiger partial charge in [0.25, 0.3) is 0 Å². The minimum absolute atomic E-state index is 0.0725. The Balaban J connectivity index is 1.55. The number of aryl methyl sites for hydroxylation is 1. The van der Waals surface area contributed by atoms with E-state index in [9.17, 15) is 4.79 Å². The maximum absolute atomic E-state index is 12.2. The van der Waals surface area contributed by atoms with Crippen molar-refractivity contribution in [3.05, 3.63) is 70.8 Å². The first kappa shape index (κ1) is 22.5. The molecule has 3 aliphatic rings. The first-order chi connectivity index (χ1) is 15.9. The molecule has 0 unspecified atom stereocenters. The number of anilines is 1. The van der Waals surface area contributed by atoms with E-state index in [-0.39, 0.29) is 11.2 Å². The van der Waals surface area contributed by atoms with Crippen molar-refractivity contribution >= 4 is 23.1 Å². The predicted molar refractivity (Wildman–Crippen MR) is 136 cm³/mol. The molecule has 0 saturated heterocycles. The molecule has 2 aliphatic carbocycles. The van der Waals surface area contributed by atoms with Crippen molar-refractivity contribution in [2.24, 2.45) is 17.8 Å². The minimum atomic E-state index is -0.0725. The third-order valence-electron chi connectivity index (χ3n) is 8.42. The lowest BCUT2D eigenvalue weighted by atomic mass is 9.66. The zero-order chi connectivity index (χ0) is 23.2. The summed E-state index contributed by atoms with van der Waals surface area (Å²) in [6.45, 7) is 10.5. The van der Waals surface area contributed by atoms with E-state index >= 15 is 0 Å². The second-order valence-corrected chi connectivity index (χ2v) is 10.9. The van der Waals surface area contributed by atoms with Crippen molar-refractivity contribution in [3.63, 3.8) is 0 Å². The molecule has 5 rings (SSSR count). The van der Waals surface area contributed by atoms with Crippen LogP contribution >= 0.6 is 11.6 Å². The highest BCUT2D eigenvalue weighted by atomic mass is 35.5. The minimum Gasteiger partial charge on any atom is -0.490 e. The van der Waals surface area contributed by atoms with Crippen LogP contribution in [0, 0.1) is 17.8 Å². The van der Waals surface area contributed by atoms with Gasteiger partial charge in [-0.25, -0.2) is 0 Å². The maximum Gasteiger partial charge on any atom is 0.159 e. The number of fused-ring (bicyclic) bond motifs is 3. The molecule has 1 heterocycles. The first-order valence-electron chi connectivity index (χ1n) is 12.3. The van der Waals surface area contributed by atoms with E-state index < -0.39 is 0 Å². The Bertz CT molecular complexity index is 1080. The second kappa shape index (κ2) is 8.83. The summed E-state index contributed by atoms with van der Waals surface area (Å²) < 4.78 is 6.52. The number of Topliss-reactive ketones (excluding diaryl/α,β-unsaturated/α-hetero) is 1. The fraction of sp³-hybridized carbons (Fsp3) is 0.483. The molecular formula is C29H34ClNO2. The van der Waals surface area contributed by atoms with Crippen molar-refractivity contribution in [3.8, 4) is 5.75 Å². The normalized spacial score (nSPS) is 26.9. The quantitative estimate of drug-likeness (QED) is 0.358. The Morgan fingerprint density at radius 3 is 2.88 bits per heavy atom. The summed E-state index contributed by atoms with van der Waals surface area (Å²) in [5.41, 5.74) is 4.48. The molecule has 4 atom stereocenters. The number of carbonyl (C=O) groups excluding carboxylic acids is 1. The highest BCUT2D eigenvalue weighted by molar-refractivity contribution is 6.30. The first-order valence-corrected chi connectivity index (χ1v) is 12.7. The van der Waals surface area contributed by atoms with Crippen LogP contribution in [0.5, 0.6) is 5.75 Å². The van der Waals surface area contributed by atoms with Crippen LogP contribution in [-0.4, -0.2) is 25.5 Å². The SMILES string of the molecule is C=C[C@H](C)[C@@H]1CC[C@H]1CN1C[C@@]2(CCCc3cc(Cl)ccc32)COc2ccc(C(C)=O)cc21. The Morgan fingerprint density at radius 2 is 2.15 bits per heavy atom.